The minimum Gasteiger partial charge on any atom is -0.465 e. The fraction of sp³-hybridized carbons (Fsp3) is 0.458. The number of amides is 1. The Morgan fingerprint density at radius 3 is 2.51 bits per heavy atom. The van der Waals surface area contributed by atoms with Crippen molar-refractivity contribution in [3.63, 3.8) is 0 Å². The average molecular weight is 507 g/mol. The highest BCUT2D eigenvalue weighted by atomic mass is 32.2. The zero-order chi connectivity index (χ0) is 24.8. The van der Waals surface area contributed by atoms with Crippen molar-refractivity contribution in [1.29, 1.82) is 0 Å². The van der Waals surface area contributed by atoms with E-state index in [2.05, 4.69) is 5.32 Å². The Kier molecular flexibility index (Phi) is 8.11. The third-order valence-electron chi connectivity index (χ3n) is 6.14. The van der Waals surface area contributed by atoms with Crippen LogP contribution in [0.3, 0.4) is 0 Å². The van der Waals surface area contributed by atoms with Gasteiger partial charge >= 0.3 is 6.09 Å². The zero-order valence-electron chi connectivity index (χ0n) is 19.2. The lowest BCUT2D eigenvalue weighted by Crippen LogP contribution is -2.50. The Bertz CT molecular complexity index is 1110. The molecule has 0 aromatic heterocycles. The molecule has 1 heterocycles. The number of nitrogens with one attached hydrogen (secondary N) is 1. The first-order valence-electron chi connectivity index (χ1n) is 11.6. The normalized spacial score (nSPS) is 17.8. The number of aliphatic hydroxyl groups is 1. The minimum atomic E-state index is -4.21. The number of carboxylic acid groups (broad SMARTS) is 1. The van der Waals surface area contributed by atoms with E-state index in [9.17, 15) is 23.4 Å². The average Bonchev–Trinajstić information content (AvgIpc) is 3.32. The van der Waals surface area contributed by atoms with Crippen LogP contribution in [0, 0.1) is 0 Å². The first-order valence-corrected chi connectivity index (χ1v) is 13.1. The smallest absolute Gasteiger partial charge is 0.404 e. The molecule has 0 saturated heterocycles. The van der Waals surface area contributed by atoms with E-state index in [4.69, 9.17) is 14.3 Å². The first-order chi connectivity index (χ1) is 16.8. The van der Waals surface area contributed by atoms with Crippen molar-refractivity contribution < 1.29 is 37.7 Å². The summed E-state index contributed by atoms with van der Waals surface area (Å²) in [6, 6.07) is 12.4. The number of hydrogen-bond acceptors (Lipinski definition) is 7. The predicted molar refractivity (Wildman–Crippen MR) is 126 cm³/mol. The Morgan fingerprint density at radius 2 is 1.80 bits per heavy atom. The molecule has 0 radical (unpaired) electrons. The molecule has 35 heavy (non-hydrogen) atoms. The maximum atomic E-state index is 13.6. The van der Waals surface area contributed by atoms with Crippen molar-refractivity contribution in [2.24, 2.45) is 0 Å². The topological polar surface area (TPSA) is 135 Å². The van der Waals surface area contributed by atoms with Crippen LogP contribution in [0.25, 0.3) is 0 Å². The van der Waals surface area contributed by atoms with Crippen LogP contribution < -0.4 is 14.8 Å². The standard InChI is InChI=1S/C24H30N2O8S/c27-21(20(25-24(28)29)13-17-7-3-1-4-8-17)15-26(34-18-9-5-2-6-10-18)35(30,31)19-11-12-22-23(14-19)33-16-32-22/h1,3-4,7-8,11-12,14,18,20-21,25,27H,2,5-6,9-10,13,15-16H2,(H,28,29)/t20-,21+/m0/s1. The number of carbonyl (C=O) groups is 1. The van der Waals surface area contributed by atoms with Crippen molar-refractivity contribution in [3.05, 3.63) is 54.1 Å². The molecule has 0 spiro atoms. The number of ether oxygens (including phenoxy) is 2. The van der Waals surface area contributed by atoms with Crippen LogP contribution in [0.15, 0.2) is 53.4 Å². The molecule has 1 aliphatic heterocycles. The van der Waals surface area contributed by atoms with Gasteiger partial charge in [0.2, 0.25) is 6.79 Å². The number of rotatable bonds is 10. The Balaban J connectivity index is 1.58. The van der Waals surface area contributed by atoms with Gasteiger partial charge in [-0.05, 0) is 37.0 Å². The van der Waals surface area contributed by atoms with Crippen LogP contribution in [0.4, 0.5) is 4.79 Å². The number of hydrogen-bond donors (Lipinski definition) is 3. The van der Waals surface area contributed by atoms with Crippen molar-refractivity contribution in [2.75, 3.05) is 13.3 Å². The zero-order valence-corrected chi connectivity index (χ0v) is 20.0. The van der Waals surface area contributed by atoms with Crippen molar-refractivity contribution in [2.45, 2.75) is 61.7 Å². The Hall–Kier alpha value is -2.86. The highest BCUT2D eigenvalue weighted by molar-refractivity contribution is 7.89. The molecule has 0 unspecified atom stereocenters. The van der Waals surface area contributed by atoms with E-state index in [0.29, 0.717) is 24.3 Å². The molecule has 1 fully saturated rings. The van der Waals surface area contributed by atoms with Gasteiger partial charge in [0.1, 0.15) is 0 Å². The number of fused-ring (bicyclic) bond motifs is 1. The van der Waals surface area contributed by atoms with Crippen molar-refractivity contribution in [3.8, 4) is 11.5 Å². The molecule has 2 aromatic rings. The number of aliphatic hydroxyl groups excluding tert-OH is 1. The summed E-state index contributed by atoms with van der Waals surface area (Å²) in [5.41, 5.74) is 0.795. The summed E-state index contributed by atoms with van der Waals surface area (Å²) in [6.07, 6.45) is 1.45. The lowest BCUT2D eigenvalue weighted by molar-refractivity contribution is -0.156. The van der Waals surface area contributed by atoms with Crippen molar-refractivity contribution in [1.82, 2.24) is 9.79 Å². The van der Waals surface area contributed by atoms with Gasteiger partial charge in [-0.1, -0.05) is 54.1 Å². The second-order valence-electron chi connectivity index (χ2n) is 8.68. The van der Waals surface area contributed by atoms with Crippen LogP contribution in [0.5, 0.6) is 11.5 Å². The second kappa shape index (κ2) is 11.3. The monoisotopic (exact) mass is 506 g/mol. The molecule has 2 aliphatic rings. The molecule has 1 amide bonds. The van der Waals surface area contributed by atoms with E-state index >= 15 is 0 Å². The summed E-state index contributed by atoms with van der Waals surface area (Å²) in [7, 11) is -4.21. The third-order valence-corrected chi connectivity index (χ3v) is 7.76. The number of nitrogens with zero attached hydrogens (tertiary/aromatic N) is 1. The van der Waals surface area contributed by atoms with E-state index < -0.39 is 34.8 Å². The molecule has 2 atom stereocenters. The van der Waals surface area contributed by atoms with Crippen LogP contribution >= 0.6 is 0 Å². The van der Waals surface area contributed by atoms with Gasteiger partial charge in [-0.3, -0.25) is 4.84 Å². The predicted octanol–water partition coefficient (Wildman–Crippen LogP) is 2.91. The summed E-state index contributed by atoms with van der Waals surface area (Å²) in [5.74, 6) is 0.746. The highest BCUT2D eigenvalue weighted by Crippen LogP contribution is 2.35. The summed E-state index contributed by atoms with van der Waals surface area (Å²) in [6.45, 7) is -0.451. The third kappa shape index (κ3) is 6.43. The van der Waals surface area contributed by atoms with Crippen LogP contribution in [-0.4, -0.2) is 60.8 Å². The van der Waals surface area contributed by atoms with E-state index in [1.54, 1.807) is 0 Å². The molecular weight excluding hydrogens is 476 g/mol. The molecule has 3 N–H and O–H groups in total. The number of hydroxylamine groups is 1. The molecule has 4 rings (SSSR count). The van der Waals surface area contributed by atoms with Gasteiger partial charge in [-0.15, -0.1) is 0 Å². The highest BCUT2D eigenvalue weighted by Gasteiger charge is 2.35. The molecule has 2 aromatic carbocycles. The van der Waals surface area contributed by atoms with Gasteiger partial charge in [0.05, 0.1) is 29.7 Å². The van der Waals surface area contributed by atoms with E-state index in [-0.39, 0.29) is 24.2 Å². The van der Waals surface area contributed by atoms with E-state index in [1.807, 2.05) is 30.3 Å². The summed E-state index contributed by atoms with van der Waals surface area (Å²) >= 11 is 0. The lowest BCUT2D eigenvalue weighted by atomic mass is 9.98. The summed E-state index contributed by atoms with van der Waals surface area (Å²) in [4.78, 5) is 17.3. The van der Waals surface area contributed by atoms with Gasteiger partial charge in [-0.2, -0.15) is 0 Å². The molecular formula is C24H30N2O8S. The van der Waals surface area contributed by atoms with Crippen molar-refractivity contribution >= 4 is 16.1 Å². The van der Waals surface area contributed by atoms with Crippen LogP contribution in [-0.2, 0) is 21.3 Å². The summed E-state index contributed by atoms with van der Waals surface area (Å²) in [5, 5.41) is 22.7. The van der Waals surface area contributed by atoms with Gasteiger partial charge in [0, 0.05) is 6.07 Å². The maximum absolute atomic E-state index is 13.6. The van der Waals surface area contributed by atoms with Gasteiger partial charge in [0.15, 0.2) is 11.5 Å². The van der Waals surface area contributed by atoms with E-state index in [1.165, 1.54) is 18.2 Å². The number of sulfonamides is 1. The molecule has 190 valence electrons. The number of benzene rings is 2. The Morgan fingerprint density at radius 1 is 1.09 bits per heavy atom. The van der Waals surface area contributed by atoms with E-state index in [0.717, 1.165) is 29.3 Å². The Labute approximate surface area is 204 Å². The largest absolute Gasteiger partial charge is 0.465 e. The van der Waals surface area contributed by atoms with Crippen LogP contribution in [0.2, 0.25) is 0 Å². The fourth-order valence-corrected chi connectivity index (χ4v) is 5.59. The van der Waals surface area contributed by atoms with Gasteiger partial charge in [0.25, 0.3) is 10.0 Å². The SMILES string of the molecule is O=C(O)N[C@@H](Cc1ccccc1)[C@H](O)CN(OC1CCCCC1)S(=O)(=O)c1ccc2c(c1)OCO2. The quantitative estimate of drug-likeness (QED) is 0.419. The van der Waals surface area contributed by atoms with Gasteiger partial charge < -0.3 is 25.0 Å². The first kappa shape index (κ1) is 25.2. The molecule has 1 aliphatic carbocycles. The maximum Gasteiger partial charge on any atom is 0.404 e. The second-order valence-corrected chi connectivity index (χ2v) is 10.5. The van der Waals surface area contributed by atoms with Gasteiger partial charge in [-0.25, -0.2) is 13.2 Å². The van der Waals surface area contributed by atoms with Crippen LogP contribution in [0.1, 0.15) is 37.7 Å². The molecule has 0 bridgehead atoms. The lowest BCUT2D eigenvalue weighted by Gasteiger charge is -2.32. The molecule has 10 nitrogen and oxygen atoms in total. The molecule has 11 heteroatoms. The fourth-order valence-electron chi connectivity index (χ4n) is 4.28. The molecule has 1 saturated carbocycles. The minimum absolute atomic E-state index is 0.00185. The summed E-state index contributed by atoms with van der Waals surface area (Å²) < 4.78 is 38.6.